The molecule has 0 unspecified atom stereocenters. The molecule has 0 aliphatic rings. The first kappa shape index (κ1) is 28.1. The number of carbonyl (C=O) groups is 1. The Morgan fingerprint density at radius 1 is 0.705 bits per heavy atom. The maximum absolute atomic E-state index is 11.4. The van der Waals surface area contributed by atoms with Crippen LogP contribution in [0.25, 0.3) is 56.1 Å². The summed E-state index contributed by atoms with van der Waals surface area (Å²) in [5.41, 5.74) is 7.42. The topological polar surface area (TPSA) is 138 Å². The SMILES string of the molecule is COc1cc(-c2cc(-c3ccc(-c4nc5ccc(C(=O)O)cc5[nH]4)cc3)nc(-c3cccc([NH+]=O)c3)c2)cc(OC)c1OC. The van der Waals surface area contributed by atoms with Crippen LogP contribution in [0.15, 0.2) is 91.0 Å². The molecule has 10 nitrogen and oxygen atoms in total. The van der Waals surface area contributed by atoms with Gasteiger partial charge in [-0.1, -0.05) is 36.4 Å². The van der Waals surface area contributed by atoms with Crippen molar-refractivity contribution in [1.82, 2.24) is 15.0 Å². The summed E-state index contributed by atoms with van der Waals surface area (Å²) in [5, 5.41) is 11.3. The summed E-state index contributed by atoms with van der Waals surface area (Å²) in [6, 6.07) is 27.4. The summed E-state index contributed by atoms with van der Waals surface area (Å²) < 4.78 is 16.7. The molecular formula is C34H27N4O6+. The van der Waals surface area contributed by atoms with Crippen molar-refractivity contribution in [1.29, 1.82) is 0 Å². The molecule has 44 heavy (non-hydrogen) atoms. The van der Waals surface area contributed by atoms with Gasteiger partial charge < -0.3 is 24.3 Å². The van der Waals surface area contributed by atoms with E-state index in [4.69, 9.17) is 19.2 Å². The first-order valence-electron chi connectivity index (χ1n) is 13.6. The molecule has 10 heteroatoms. The number of hydrogen-bond acceptors (Lipinski definition) is 7. The smallest absolute Gasteiger partial charge is 0.335 e. The number of imidazole rings is 1. The Bertz CT molecular complexity index is 2010. The number of nitrogens with zero attached hydrogens (tertiary/aromatic N) is 2. The molecule has 2 aromatic heterocycles. The van der Waals surface area contributed by atoms with Crippen LogP contribution in [-0.2, 0) is 0 Å². The minimum atomic E-state index is -0.996. The monoisotopic (exact) mass is 587 g/mol. The van der Waals surface area contributed by atoms with E-state index in [1.165, 1.54) is 6.07 Å². The summed E-state index contributed by atoms with van der Waals surface area (Å²) in [4.78, 5) is 35.6. The summed E-state index contributed by atoms with van der Waals surface area (Å²) in [7, 11) is 4.70. The average molecular weight is 588 g/mol. The molecule has 0 saturated heterocycles. The average Bonchev–Trinajstić information content (AvgIpc) is 3.51. The minimum absolute atomic E-state index is 0.188. The van der Waals surface area contributed by atoms with Crippen LogP contribution in [0.3, 0.4) is 0 Å². The van der Waals surface area contributed by atoms with Crippen molar-refractivity contribution in [3.05, 3.63) is 101 Å². The van der Waals surface area contributed by atoms with Crippen LogP contribution in [0.1, 0.15) is 10.4 Å². The summed E-state index contributed by atoms with van der Waals surface area (Å²) in [6.07, 6.45) is 0. The van der Waals surface area contributed by atoms with Crippen LogP contribution in [0.5, 0.6) is 17.2 Å². The van der Waals surface area contributed by atoms with E-state index in [1.807, 2.05) is 59.8 Å². The van der Waals surface area contributed by atoms with Gasteiger partial charge in [0.2, 0.25) is 5.75 Å². The number of aromatic carboxylic acids is 1. The standard InChI is InChI=1S/C34H26N4O6/c1-42-30-17-24(18-31(43-2)32(30)44-3)23-15-27(35-28(16-23)21-5-4-6-25(13-21)38-41)19-7-9-20(10-8-19)33-36-26-12-11-22(34(39)40)14-29(26)37-33/h4-18H,1-3H3,(H,36,37)(H,39,40)/p+1. The van der Waals surface area contributed by atoms with Gasteiger partial charge in [-0.25, -0.2) is 14.8 Å². The zero-order valence-electron chi connectivity index (χ0n) is 24.0. The van der Waals surface area contributed by atoms with Gasteiger partial charge in [0.1, 0.15) is 5.82 Å². The lowest BCUT2D eigenvalue weighted by molar-refractivity contribution is -0.379. The molecule has 6 aromatic rings. The van der Waals surface area contributed by atoms with Gasteiger partial charge in [-0.2, -0.15) is 0 Å². The van der Waals surface area contributed by atoms with Crippen molar-refractivity contribution in [2.45, 2.75) is 0 Å². The number of ether oxygens (including phenoxy) is 3. The van der Waals surface area contributed by atoms with Crippen LogP contribution >= 0.6 is 0 Å². The molecule has 218 valence electrons. The number of nitrogens with one attached hydrogen (secondary N) is 2. The van der Waals surface area contributed by atoms with Gasteiger partial charge in [-0.05, 0) is 53.6 Å². The molecule has 0 amide bonds. The Kier molecular flexibility index (Phi) is 7.47. The van der Waals surface area contributed by atoms with E-state index in [0.717, 1.165) is 27.8 Å². The normalized spacial score (nSPS) is 10.9. The quantitative estimate of drug-likeness (QED) is 0.192. The van der Waals surface area contributed by atoms with Crippen molar-refractivity contribution in [2.24, 2.45) is 0 Å². The molecule has 4 aromatic carbocycles. The number of benzene rings is 4. The van der Waals surface area contributed by atoms with E-state index in [2.05, 4.69) is 9.97 Å². The van der Waals surface area contributed by atoms with E-state index >= 15 is 0 Å². The van der Waals surface area contributed by atoms with Crippen molar-refractivity contribution in [3.8, 4) is 62.3 Å². The molecule has 3 N–H and O–H groups in total. The molecule has 0 atom stereocenters. The van der Waals surface area contributed by atoms with E-state index in [1.54, 1.807) is 51.7 Å². The first-order valence-corrected chi connectivity index (χ1v) is 13.6. The molecule has 0 saturated carbocycles. The first-order chi connectivity index (χ1) is 21.4. The molecule has 2 heterocycles. The highest BCUT2D eigenvalue weighted by molar-refractivity contribution is 5.93. The van der Waals surface area contributed by atoms with Gasteiger partial charge in [0.05, 0.1) is 49.3 Å². The molecule has 0 fully saturated rings. The number of rotatable bonds is 9. The second-order valence-corrected chi connectivity index (χ2v) is 9.92. The number of pyridine rings is 1. The predicted molar refractivity (Wildman–Crippen MR) is 166 cm³/mol. The fourth-order valence-electron chi connectivity index (χ4n) is 5.06. The van der Waals surface area contributed by atoms with Crippen molar-refractivity contribution < 1.29 is 29.3 Å². The number of fused-ring (bicyclic) bond motifs is 1. The highest BCUT2D eigenvalue weighted by atomic mass is 16.5. The molecule has 0 aliphatic carbocycles. The number of nitroso groups, excluding NO2 is 1. The van der Waals surface area contributed by atoms with Crippen molar-refractivity contribution in [3.63, 3.8) is 0 Å². The van der Waals surface area contributed by atoms with E-state index < -0.39 is 5.97 Å². The van der Waals surface area contributed by atoms with E-state index in [0.29, 0.717) is 51.2 Å². The number of H-pyrrole nitrogens is 1. The van der Waals surface area contributed by atoms with Gasteiger partial charge >= 0.3 is 5.97 Å². The summed E-state index contributed by atoms with van der Waals surface area (Å²) in [5.74, 6) is 1.15. The third kappa shape index (κ3) is 5.32. The van der Waals surface area contributed by atoms with Crippen LogP contribution in [0.2, 0.25) is 0 Å². The van der Waals surface area contributed by atoms with Crippen LogP contribution in [0.4, 0.5) is 5.69 Å². The van der Waals surface area contributed by atoms with Gasteiger partial charge in [0.15, 0.2) is 11.5 Å². The van der Waals surface area contributed by atoms with Crippen LogP contribution in [-0.4, -0.2) is 47.4 Å². The van der Waals surface area contributed by atoms with Crippen LogP contribution in [0, 0.1) is 4.91 Å². The lowest BCUT2D eigenvalue weighted by Gasteiger charge is -2.15. The predicted octanol–water partition coefficient (Wildman–Crippen LogP) is 5.83. The van der Waals surface area contributed by atoms with Crippen molar-refractivity contribution >= 4 is 22.7 Å². The molecule has 0 aliphatic heterocycles. The fourth-order valence-corrected chi connectivity index (χ4v) is 5.06. The van der Waals surface area contributed by atoms with Crippen LogP contribution < -0.4 is 19.4 Å². The van der Waals surface area contributed by atoms with Crippen molar-refractivity contribution in [2.75, 3.05) is 21.3 Å². The lowest BCUT2D eigenvalue weighted by Crippen LogP contribution is -2.55. The molecule has 0 spiro atoms. The maximum Gasteiger partial charge on any atom is 0.335 e. The number of carboxylic acid groups (broad SMARTS) is 1. The highest BCUT2D eigenvalue weighted by Crippen LogP contribution is 2.42. The summed E-state index contributed by atoms with van der Waals surface area (Å²) >= 11 is 0. The third-order valence-corrected chi connectivity index (χ3v) is 7.28. The Balaban J connectivity index is 1.45. The molecule has 0 bridgehead atoms. The zero-order valence-corrected chi connectivity index (χ0v) is 24.0. The highest BCUT2D eigenvalue weighted by Gasteiger charge is 2.17. The largest absolute Gasteiger partial charge is 0.493 e. The molecule has 6 rings (SSSR count). The fraction of sp³-hybridized carbons (Fsp3) is 0.0882. The maximum atomic E-state index is 11.4. The Morgan fingerprint density at radius 3 is 2.00 bits per heavy atom. The number of carboxylic acids is 1. The minimum Gasteiger partial charge on any atom is -0.493 e. The number of aromatic amines is 1. The number of aromatic nitrogens is 3. The van der Waals surface area contributed by atoms with Gasteiger partial charge in [0, 0.05) is 38.9 Å². The third-order valence-electron chi connectivity index (χ3n) is 7.28. The Morgan fingerprint density at radius 2 is 1.36 bits per heavy atom. The molecular weight excluding hydrogens is 560 g/mol. The van der Waals surface area contributed by atoms with E-state index in [-0.39, 0.29) is 5.56 Å². The van der Waals surface area contributed by atoms with E-state index in [9.17, 15) is 14.8 Å². The van der Waals surface area contributed by atoms with Gasteiger partial charge in [0.25, 0.3) is 5.69 Å². The molecule has 0 radical (unpaired) electrons. The number of methoxy groups -OCH3 is 3. The van der Waals surface area contributed by atoms with Gasteiger partial charge in [-0.3, -0.25) is 0 Å². The second-order valence-electron chi connectivity index (χ2n) is 9.92. The zero-order chi connectivity index (χ0) is 30.8. The lowest BCUT2D eigenvalue weighted by atomic mass is 9.98. The Labute approximate surface area is 251 Å². The second kappa shape index (κ2) is 11.7. The number of hydrogen-bond donors (Lipinski definition) is 3. The summed E-state index contributed by atoms with van der Waals surface area (Å²) in [6.45, 7) is 0. The van der Waals surface area contributed by atoms with Gasteiger partial charge in [-0.15, -0.1) is 0 Å². The Hall–Kier alpha value is -6.03.